The van der Waals surface area contributed by atoms with Crippen LogP contribution in [0.15, 0.2) is 211 Å². The lowest BCUT2D eigenvalue weighted by molar-refractivity contribution is 0.670. The molecule has 0 unspecified atom stereocenters. The Balaban J connectivity index is 1.10. The van der Waals surface area contributed by atoms with Crippen molar-refractivity contribution in [3.8, 4) is 44.5 Å². The minimum Gasteiger partial charge on any atom is -0.455 e. The lowest BCUT2D eigenvalue weighted by Gasteiger charge is -2.15. The van der Waals surface area contributed by atoms with E-state index in [0.29, 0.717) is 0 Å². The Morgan fingerprint density at radius 2 is 0.831 bits per heavy atom. The van der Waals surface area contributed by atoms with Crippen molar-refractivity contribution in [2.75, 3.05) is 0 Å². The normalized spacial score (nSPS) is 12.1. The third-order valence-electron chi connectivity index (χ3n) is 12.8. The van der Waals surface area contributed by atoms with Crippen LogP contribution in [0.5, 0.6) is 0 Å². The van der Waals surface area contributed by atoms with E-state index in [9.17, 15) is 0 Å². The van der Waals surface area contributed by atoms with Crippen LogP contribution in [0.3, 0.4) is 0 Å². The SMILES string of the molecule is c1ccc(-c2cc3cc4c(cc3c3ccccc23)oc2c(-c3ccc(-c5cccc6ccccc56)cc3)ccc(-c3ccc5ccc6cccc7ccc3c5c67)c24)cc1. The molecule has 0 bridgehead atoms. The van der Waals surface area contributed by atoms with Gasteiger partial charge in [0, 0.05) is 16.3 Å². The van der Waals surface area contributed by atoms with Crippen LogP contribution in [0.25, 0.3) is 131 Å². The number of benzene rings is 12. The molecule has 13 rings (SSSR count). The zero-order valence-electron chi connectivity index (χ0n) is 32.0. The van der Waals surface area contributed by atoms with Crippen LogP contribution in [0.1, 0.15) is 0 Å². The van der Waals surface area contributed by atoms with Crippen molar-refractivity contribution in [3.63, 3.8) is 0 Å². The molecule has 0 saturated heterocycles. The van der Waals surface area contributed by atoms with Gasteiger partial charge in [-0.15, -0.1) is 0 Å². The summed E-state index contributed by atoms with van der Waals surface area (Å²) in [6.07, 6.45) is 0. The molecule has 1 nitrogen and oxygen atoms in total. The van der Waals surface area contributed by atoms with E-state index in [-0.39, 0.29) is 0 Å². The van der Waals surface area contributed by atoms with Crippen molar-refractivity contribution in [1.82, 2.24) is 0 Å². The highest BCUT2D eigenvalue weighted by Gasteiger charge is 2.22. The molecule has 0 N–H and O–H groups in total. The summed E-state index contributed by atoms with van der Waals surface area (Å²) >= 11 is 0. The van der Waals surface area contributed by atoms with Crippen LogP contribution in [-0.4, -0.2) is 0 Å². The van der Waals surface area contributed by atoms with Crippen molar-refractivity contribution in [2.24, 2.45) is 0 Å². The van der Waals surface area contributed by atoms with Gasteiger partial charge in [-0.3, -0.25) is 0 Å². The Morgan fingerprint density at radius 1 is 0.237 bits per heavy atom. The number of fused-ring (bicyclic) bond motifs is 7. The van der Waals surface area contributed by atoms with Gasteiger partial charge in [-0.25, -0.2) is 0 Å². The van der Waals surface area contributed by atoms with Gasteiger partial charge in [0.2, 0.25) is 0 Å². The summed E-state index contributed by atoms with van der Waals surface area (Å²) in [5.74, 6) is 0. The van der Waals surface area contributed by atoms with Crippen LogP contribution >= 0.6 is 0 Å². The highest BCUT2D eigenvalue weighted by molar-refractivity contribution is 6.28. The minimum absolute atomic E-state index is 0.893. The lowest BCUT2D eigenvalue weighted by Crippen LogP contribution is -1.89. The van der Waals surface area contributed by atoms with E-state index in [1.165, 1.54) is 98.0 Å². The topological polar surface area (TPSA) is 13.1 Å². The minimum atomic E-state index is 0.893. The molecule has 59 heavy (non-hydrogen) atoms. The Labute approximate surface area is 340 Å². The maximum absolute atomic E-state index is 7.17. The van der Waals surface area contributed by atoms with Crippen LogP contribution in [0.4, 0.5) is 0 Å². The monoisotopic (exact) mass is 746 g/mol. The van der Waals surface area contributed by atoms with Crippen molar-refractivity contribution < 1.29 is 4.42 Å². The summed E-state index contributed by atoms with van der Waals surface area (Å²) in [6, 6.07) is 75.7. The summed E-state index contributed by atoms with van der Waals surface area (Å²) in [5.41, 5.74) is 11.3. The second-order valence-corrected chi connectivity index (χ2v) is 15.9. The molecule has 0 radical (unpaired) electrons. The molecular weight excluding hydrogens is 713 g/mol. The van der Waals surface area contributed by atoms with Crippen molar-refractivity contribution in [3.05, 3.63) is 206 Å². The molecule has 0 amide bonds. The van der Waals surface area contributed by atoms with Crippen LogP contribution in [0, 0.1) is 0 Å². The predicted molar refractivity (Wildman–Crippen MR) is 252 cm³/mol. The molecule has 0 aliphatic rings. The summed E-state index contributed by atoms with van der Waals surface area (Å²) in [6.45, 7) is 0. The van der Waals surface area contributed by atoms with Gasteiger partial charge >= 0.3 is 0 Å². The molecule has 12 aromatic carbocycles. The van der Waals surface area contributed by atoms with Crippen LogP contribution in [-0.2, 0) is 0 Å². The van der Waals surface area contributed by atoms with Crippen LogP contribution < -0.4 is 0 Å². The first-order chi connectivity index (χ1) is 29.2. The zero-order valence-corrected chi connectivity index (χ0v) is 32.0. The maximum atomic E-state index is 7.17. The van der Waals surface area contributed by atoms with E-state index in [0.717, 1.165) is 33.1 Å². The number of rotatable bonds is 4. The van der Waals surface area contributed by atoms with Gasteiger partial charge in [-0.2, -0.15) is 0 Å². The van der Waals surface area contributed by atoms with Gasteiger partial charge in [0.1, 0.15) is 11.2 Å². The Morgan fingerprint density at radius 3 is 1.66 bits per heavy atom. The standard InChI is InChI=1S/C58H34O/c1-2-10-36(11-3-1)51-32-42-33-53-54(34-52(42)47-18-7-6-17-46(47)51)59-58-45(38-22-20-37(21-23-38)44-19-9-13-35-12-4-5-16-43(35)44)30-31-50(57(53)58)48-28-26-41-25-24-39-14-8-15-40-27-29-49(48)56(41)55(39)40/h1-34H. The van der Waals surface area contributed by atoms with Gasteiger partial charge < -0.3 is 4.42 Å². The van der Waals surface area contributed by atoms with Crippen molar-refractivity contribution >= 4 is 86.6 Å². The predicted octanol–water partition coefficient (Wildman–Crippen LogP) is 16.6. The van der Waals surface area contributed by atoms with E-state index in [2.05, 4.69) is 206 Å². The Bertz CT molecular complexity index is 3790. The molecule has 1 heterocycles. The second-order valence-electron chi connectivity index (χ2n) is 15.9. The molecule has 0 spiro atoms. The highest BCUT2D eigenvalue weighted by atomic mass is 16.3. The smallest absolute Gasteiger partial charge is 0.143 e. The first-order valence-corrected chi connectivity index (χ1v) is 20.4. The van der Waals surface area contributed by atoms with Crippen molar-refractivity contribution in [2.45, 2.75) is 0 Å². The van der Waals surface area contributed by atoms with Gasteiger partial charge in [0.15, 0.2) is 0 Å². The number of furan rings is 1. The van der Waals surface area contributed by atoms with Gasteiger partial charge in [0.25, 0.3) is 0 Å². The van der Waals surface area contributed by atoms with Crippen molar-refractivity contribution in [1.29, 1.82) is 0 Å². The fraction of sp³-hybridized carbons (Fsp3) is 0. The lowest BCUT2D eigenvalue weighted by atomic mass is 9.87. The van der Waals surface area contributed by atoms with Crippen LogP contribution in [0.2, 0.25) is 0 Å². The number of hydrogen-bond donors (Lipinski definition) is 0. The largest absolute Gasteiger partial charge is 0.455 e. The second kappa shape index (κ2) is 12.4. The molecule has 1 heteroatoms. The van der Waals surface area contributed by atoms with Gasteiger partial charge in [-0.1, -0.05) is 182 Å². The summed E-state index contributed by atoms with van der Waals surface area (Å²) in [4.78, 5) is 0. The fourth-order valence-corrected chi connectivity index (χ4v) is 10.1. The summed E-state index contributed by atoms with van der Waals surface area (Å²) < 4.78 is 7.17. The first kappa shape index (κ1) is 32.4. The van der Waals surface area contributed by atoms with E-state index >= 15 is 0 Å². The molecule has 0 aliphatic carbocycles. The quantitative estimate of drug-likeness (QED) is 0.164. The molecule has 272 valence electrons. The molecule has 13 aromatic rings. The fourth-order valence-electron chi connectivity index (χ4n) is 10.1. The van der Waals surface area contributed by atoms with E-state index in [4.69, 9.17) is 4.42 Å². The molecule has 0 saturated carbocycles. The first-order valence-electron chi connectivity index (χ1n) is 20.4. The average molecular weight is 747 g/mol. The highest BCUT2D eigenvalue weighted by Crippen LogP contribution is 2.47. The van der Waals surface area contributed by atoms with E-state index in [1.54, 1.807) is 0 Å². The van der Waals surface area contributed by atoms with Gasteiger partial charge in [-0.05, 0) is 128 Å². The molecule has 0 fully saturated rings. The Kier molecular flexibility index (Phi) is 6.79. The maximum Gasteiger partial charge on any atom is 0.143 e. The van der Waals surface area contributed by atoms with Gasteiger partial charge in [0.05, 0.1) is 0 Å². The summed E-state index contributed by atoms with van der Waals surface area (Å²) in [7, 11) is 0. The molecule has 1 aromatic heterocycles. The van der Waals surface area contributed by atoms with E-state index in [1.807, 2.05) is 0 Å². The Hall–Kier alpha value is -7.74. The third kappa shape index (κ3) is 4.79. The summed E-state index contributed by atoms with van der Waals surface area (Å²) in [5, 5.41) is 17.3. The average Bonchev–Trinajstić information content (AvgIpc) is 3.68. The third-order valence-corrected chi connectivity index (χ3v) is 12.8. The van der Waals surface area contributed by atoms with E-state index < -0.39 is 0 Å². The number of hydrogen-bond acceptors (Lipinski definition) is 1. The molecular formula is C58H34O. The zero-order chi connectivity index (χ0) is 38.6. The molecule has 0 atom stereocenters. The molecule has 0 aliphatic heterocycles.